The van der Waals surface area contributed by atoms with Crippen molar-refractivity contribution < 1.29 is 4.74 Å². The van der Waals surface area contributed by atoms with Gasteiger partial charge in [0, 0.05) is 5.75 Å². The molecule has 0 bridgehead atoms. The molecule has 3 rings (SSSR count). The van der Waals surface area contributed by atoms with Crippen molar-refractivity contribution in [1.82, 2.24) is 0 Å². The number of ether oxygens (including phenoxy) is 1. The minimum absolute atomic E-state index is 0.216. The SMILES string of the molecule is COc1ccccc1NC1=NC2(CCCCC2)CS1. The van der Waals surface area contributed by atoms with Gasteiger partial charge >= 0.3 is 0 Å². The van der Waals surface area contributed by atoms with Crippen molar-refractivity contribution in [3.8, 4) is 5.75 Å². The van der Waals surface area contributed by atoms with E-state index in [-0.39, 0.29) is 5.54 Å². The Hall–Kier alpha value is -1.16. The highest BCUT2D eigenvalue weighted by molar-refractivity contribution is 8.14. The number of benzene rings is 1. The van der Waals surface area contributed by atoms with Crippen LogP contribution in [0.3, 0.4) is 0 Å². The average Bonchev–Trinajstić information content (AvgIpc) is 2.83. The monoisotopic (exact) mass is 276 g/mol. The fraction of sp³-hybridized carbons (Fsp3) is 0.533. The third-order valence-corrected chi connectivity index (χ3v) is 5.10. The summed E-state index contributed by atoms with van der Waals surface area (Å²) in [5.41, 5.74) is 1.22. The Morgan fingerprint density at radius 3 is 2.79 bits per heavy atom. The molecule has 0 atom stereocenters. The fourth-order valence-corrected chi connectivity index (χ4v) is 4.07. The lowest BCUT2D eigenvalue weighted by Gasteiger charge is -2.29. The lowest BCUT2D eigenvalue weighted by atomic mass is 9.84. The standard InChI is InChI=1S/C15H20N2OS/c1-18-13-8-4-3-7-12(13)16-14-17-15(11-19-14)9-5-2-6-10-15/h3-4,7-8H,2,5-6,9-11H2,1H3,(H,16,17). The van der Waals surface area contributed by atoms with Crippen molar-refractivity contribution in [2.75, 3.05) is 18.2 Å². The average molecular weight is 276 g/mol. The normalized spacial score (nSPS) is 21.2. The van der Waals surface area contributed by atoms with Crippen molar-refractivity contribution in [2.24, 2.45) is 4.99 Å². The third kappa shape index (κ3) is 2.73. The maximum Gasteiger partial charge on any atom is 0.161 e. The van der Waals surface area contributed by atoms with Crippen LogP contribution in [0.1, 0.15) is 32.1 Å². The summed E-state index contributed by atoms with van der Waals surface area (Å²) in [6.45, 7) is 0. The van der Waals surface area contributed by atoms with E-state index in [0.29, 0.717) is 0 Å². The summed E-state index contributed by atoms with van der Waals surface area (Å²) in [5, 5.41) is 4.47. The number of hydrogen-bond acceptors (Lipinski definition) is 4. The van der Waals surface area contributed by atoms with E-state index in [9.17, 15) is 0 Å². The number of amidine groups is 1. The van der Waals surface area contributed by atoms with E-state index >= 15 is 0 Å². The molecule has 1 aliphatic carbocycles. The number of nitrogens with zero attached hydrogens (tertiary/aromatic N) is 1. The first-order valence-corrected chi connectivity index (χ1v) is 7.93. The van der Waals surface area contributed by atoms with E-state index in [1.54, 1.807) is 7.11 Å². The molecule has 2 aliphatic rings. The van der Waals surface area contributed by atoms with E-state index in [4.69, 9.17) is 9.73 Å². The van der Waals surface area contributed by atoms with Gasteiger partial charge in [-0.05, 0) is 25.0 Å². The molecule has 1 aromatic rings. The van der Waals surface area contributed by atoms with Crippen molar-refractivity contribution in [2.45, 2.75) is 37.6 Å². The van der Waals surface area contributed by atoms with Gasteiger partial charge in [0.05, 0.1) is 18.3 Å². The van der Waals surface area contributed by atoms with Crippen LogP contribution in [0.15, 0.2) is 29.3 Å². The summed E-state index contributed by atoms with van der Waals surface area (Å²) >= 11 is 1.85. The highest BCUT2D eigenvalue weighted by Gasteiger charge is 2.36. The minimum atomic E-state index is 0.216. The van der Waals surface area contributed by atoms with Crippen LogP contribution < -0.4 is 10.1 Å². The smallest absolute Gasteiger partial charge is 0.161 e. The summed E-state index contributed by atoms with van der Waals surface area (Å²) in [6, 6.07) is 8.00. The maximum absolute atomic E-state index is 5.37. The Balaban J connectivity index is 1.75. The molecule has 0 aromatic heterocycles. The molecule has 102 valence electrons. The first-order chi connectivity index (χ1) is 9.31. The molecular weight excluding hydrogens is 256 g/mol. The van der Waals surface area contributed by atoms with Crippen LogP contribution in [0.5, 0.6) is 5.75 Å². The number of hydrogen-bond donors (Lipinski definition) is 1. The van der Waals surface area contributed by atoms with Gasteiger partial charge in [-0.3, -0.25) is 4.99 Å². The molecule has 0 amide bonds. The van der Waals surface area contributed by atoms with Crippen LogP contribution in [0.2, 0.25) is 0 Å². The van der Waals surface area contributed by atoms with E-state index in [1.807, 2.05) is 36.0 Å². The Morgan fingerprint density at radius 2 is 2.00 bits per heavy atom. The molecule has 4 heteroatoms. The third-order valence-electron chi connectivity index (χ3n) is 3.95. The molecule has 3 nitrogen and oxygen atoms in total. The maximum atomic E-state index is 5.37. The van der Waals surface area contributed by atoms with Crippen LogP contribution in [-0.4, -0.2) is 23.6 Å². The quantitative estimate of drug-likeness (QED) is 0.889. The van der Waals surface area contributed by atoms with Gasteiger partial charge in [0.2, 0.25) is 0 Å². The van der Waals surface area contributed by atoms with Crippen molar-refractivity contribution in [3.63, 3.8) is 0 Å². The van der Waals surface area contributed by atoms with E-state index in [2.05, 4.69) is 5.32 Å². The largest absolute Gasteiger partial charge is 0.495 e. The zero-order valence-corrected chi connectivity index (χ0v) is 12.1. The van der Waals surface area contributed by atoms with Gasteiger partial charge in [0.1, 0.15) is 5.75 Å². The summed E-state index contributed by atoms with van der Waals surface area (Å²) in [7, 11) is 1.70. The Morgan fingerprint density at radius 1 is 1.21 bits per heavy atom. The Bertz CT molecular complexity index is 481. The zero-order chi connectivity index (χ0) is 13.1. The summed E-state index contributed by atoms with van der Waals surface area (Å²) < 4.78 is 5.37. The molecule has 0 saturated heterocycles. The number of rotatable bonds is 2. The number of nitrogens with one attached hydrogen (secondary N) is 1. The molecule has 1 saturated carbocycles. The lowest BCUT2D eigenvalue weighted by Crippen LogP contribution is -2.29. The van der Waals surface area contributed by atoms with Crippen LogP contribution in [0.4, 0.5) is 5.69 Å². The lowest BCUT2D eigenvalue weighted by molar-refractivity contribution is 0.335. The summed E-state index contributed by atoms with van der Waals surface area (Å²) in [4.78, 5) is 4.96. The second-order valence-corrected chi connectivity index (χ2v) is 6.28. The molecule has 0 unspecified atom stereocenters. The van der Waals surface area contributed by atoms with Crippen LogP contribution >= 0.6 is 11.8 Å². The Kier molecular flexibility index (Phi) is 3.69. The minimum Gasteiger partial charge on any atom is -0.495 e. The number of thioether (sulfide) groups is 1. The highest BCUT2D eigenvalue weighted by atomic mass is 32.2. The summed E-state index contributed by atoms with van der Waals surface area (Å²) in [5.74, 6) is 2.00. The predicted molar refractivity (Wildman–Crippen MR) is 82.3 cm³/mol. The molecule has 1 N–H and O–H groups in total. The molecule has 1 aliphatic heterocycles. The van der Waals surface area contributed by atoms with Crippen molar-refractivity contribution >= 4 is 22.6 Å². The van der Waals surface area contributed by atoms with Crippen LogP contribution in [0.25, 0.3) is 0 Å². The first-order valence-electron chi connectivity index (χ1n) is 6.94. The molecule has 1 aromatic carbocycles. The molecule has 19 heavy (non-hydrogen) atoms. The summed E-state index contributed by atoms with van der Waals surface area (Å²) in [6.07, 6.45) is 6.52. The van der Waals surface area contributed by atoms with Gasteiger partial charge in [-0.1, -0.05) is 43.2 Å². The number of anilines is 1. The molecule has 1 spiro atoms. The second-order valence-electron chi connectivity index (χ2n) is 5.32. The van der Waals surface area contributed by atoms with Gasteiger partial charge in [-0.2, -0.15) is 0 Å². The highest BCUT2D eigenvalue weighted by Crippen LogP contribution is 2.40. The van der Waals surface area contributed by atoms with E-state index < -0.39 is 0 Å². The van der Waals surface area contributed by atoms with E-state index in [0.717, 1.165) is 22.4 Å². The topological polar surface area (TPSA) is 33.6 Å². The second kappa shape index (κ2) is 5.45. The van der Waals surface area contributed by atoms with Gasteiger partial charge in [-0.25, -0.2) is 0 Å². The number of para-hydroxylation sites is 2. The fourth-order valence-electron chi connectivity index (χ4n) is 2.88. The van der Waals surface area contributed by atoms with Gasteiger partial charge in [-0.15, -0.1) is 0 Å². The molecular formula is C15H20N2OS. The van der Waals surface area contributed by atoms with E-state index in [1.165, 1.54) is 32.1 Å². The predicted octanol–water partition coefficient (Wildman–Crippen LogP) is 3.91. The van der Waals surface area contributed by atoms with Gasteiger partial charge in [0.15, 0.2) is 5.17 Å². The van der Waals surface area contributed by atoms with Gasteiger partial charge < -0.3 is 10.1 Å². The zero-order valence-electron chi connectivity index (χ0n) is 11.3. The van der Waals surface area contributed by atoms with Crippen LogP contribution in [0, 0.1) is 0 Å². The van der Waals surface area contributed by atoms with Gasteiger partial charge in [0.25, 0.3) is 0 Å². The molecule has 0 radical (unpaired) electrons. The number of aliphatic imine (C=N–C) groups is 1. The van der Waals surface area contributed by atoms with Crippen molar-refractivity contribution in [1.29, 1.82) is 0 Å². The Labute approximate surface area is 118 Å². The molecule has 1 heterocycles. The number of methoxy groups -OCH3 is 1. The van der Waals surface area contributed by atoms with Crippen LogP contribution in [-0.2, 0) is 0 Å². The van der Waals surface area contributed by atoms with Crippen molar-refractivity contribution in [3.05, 3.63) is 24.3 Å². The first kappa shape index (κ1) is 12.9. The molecule has 1 fully saturated rings.